The molecule has 1 aromatic carbocycles. The molecule has 2 heterocycles. The normalized spacial score (nSPS) is 15.6. The molecule has 1 aliphatic heterocycles. The van der Waals surface area contributed by atoms with Crippen molar-refractivity contribution in [1.29, 1.82) is 0 Å². The van der Waals surface area contributed by atoms with Crippen molar-refractivity contribution in [2.75, 3.05) is 32.8 Å². The molecule has 3 rings (SSSR count). The van der Waals surface area contributed by atoms with E-state index < -0.39 is 11.0 Å². The van der Waals surface area contributed by atoms with Crippen LogP contribution in [0.3, 0.4) is 0 Å². The van der Waals surface area contributed by atoms with Crippen LogP contribution in [0.4, 0.5) is 0 Å². The Bertz CT molecular complexity index is 887. The molecule has 0 spiro atoms. The van der Waals surface area contributed by atoms with Gasteiger partial charge in [0.25, 0.3) is 6.20 Å². The van der Waals surface area contributed by atoms with Crippen molar-refractivity contribution in [2.24, 2.45) is 0 Å². The predicted octanol–water partition coefficient (Wildman–Crippen LogP) is 2.82. The highest BCUT2D eigenvalue weighted by Crippen LogP contribution is 2.17. The number of benzene rings is 1. The molecule has 0 amide bonds. The zero-order valence-electron chi connectivity index (χ0n) is 18.9. The van der Waals surface area contributed by atoms with Gasteiger partial charge in [0.2, 0.25) is 0 Å². The second kappa shape index (κ2) is 13.4. The molecule has 9 nitrogen and oxygen atoms in total. The maximum atomic E-state index is 10.9. The first-order valence-corrected chi connectivity index (χ1v) is 11.5. The Balaban J connectivity index is 1.38. The minimum absolute atomic E-state index is 0.124. The minimum Gasteiger partial charge on any atom is -0.494 e. The lowest BCUT2D eigenvalue weighted by Gasteiger charge is -2.26. The van der Waals surface area contributed by atoms with Gasteiger partial charge >= 0.3 is 0 Å². The summed E-state index contributed by atoms with van der Waals surface area (Å²) in [5, 5.41) is 27.0. The fourth-order valence-electron chi connectivity index (χ4n) is 3.75. The van der Waals surface area contributed by atoms with Crippen LogP contribution in [0.5, 0.6) is 5.75 Å². The Labute approximate surface area is 194 Å². The van der Waals surface area contributed by atoms with E-state index in [9.17, 15) is 15.2 Å². The van der Waals surface area contributed by atoms with Crippen LogP contribution in [0.15, 0.2) is 60.8 Å². The summed E-state index contributed by atoms with van der Waals surface area (Å²) in [7, 11) is 0. The molecule has 178 valence electrons. The van der Waals surface area contributed by atoms with Gasteiger partial charge in [-0.25, -0.2) is 0 Å². The van der Waals surface area contributed by atoms with Gasteiger partial charge in [0.05, 0.1) is 17.6 Å². The van der Waals surface area contributed by atoms with Gasteiger partial charge in [-0.15, -0.1) is 0 Å². The van der Waals surface area contributed by atoms with Crippen molar-refractivity contribution >= 4 is 0 Å². The van der Waals surface area contributed by atoms with E-state index in [0.29, 0.717) is 25.1 Å². The van der Waals surface area contributed by atoms with Crippen molar-refractivity contribution in [3.63, 3.8) is 0 Å². The number of likely N-dealkylation sites (tertiary alicyclic amines) is 1. The van der Waals surface area contributed by atoms with Gasteiger partial charge in [0.1, 0.15) is 5.75 Å². The average Bonchev–Trinajstić information content (AvgIpc) is 2.83. The SMILES string of the molecule is O=[N+]([O-])C=C(NCCCOc1cccc(CN2CCCCC2)c1)NCC(O)c1cccnc1. The Morgan fingerprint density at radius 2 is 2.09 bits per heavy atom. The lowest BCUT2D eigenvalue weighted by molar-refractivity contribution is -0.404. The van der Waals surface area contributed by atoms with Crippen molar-refractivity contribution < 1.29 is 14.8 Å². The monoisotopic (exact) mass is 455 g/mol. The lowest BCUT2D eigenvalue weighted by Crippen LogP contribution is -2.31. The topological polar surface area (TPSA) is 113 Å². The third-order valence-corrected chi connectivity index (χ3v) is 5.45. The summed E-state index contributed by atoms with van der Waals surface area (Å²) in [6.45, 7) is 4.37. The second-order valence-corrected chi connectivity index (χ2v) is 8.12. The number of nitrogens with one attached hydrogen (secondary N) is 2. The van der Waals surface area contributed by atoms with Crippen molar-refractivity contribution in [3.8, 4) is 5.75 Å². The molecule has 1 aliphatic rings. The fourth-order valence-corrected chi connectivity index (χ4v) is 3.75. The largest absolute Gasteiger partial charge is 0.494 e. The van der Waals surface area contributed by atoms with Gasteiger partial charge in [0.15, 0.2) is 5.82 Å². The Morgan fingerprint density at radius 3 is 2.85 bits per heavy atom. The number of ether oxygens (including phenoxy) is 1. The molecule has 1 unspecified atom stereocenters. The highest BCUT2D eigenvalue weighted by Gasteiger charge is 2.11. The van der Waals surface area contributed by atoms with E-state index in [0.717, 1.165) is 31.6 Å². The van der Waals surface area contributed by atoms with Gasteiger partial charge in [0, 0.05) is 37.6 Å². The average molecular weight is 456 g/mol. The standard InChI is InChI=1S/C24H33N5O4/c30-23(21-8-5-10-25-16-21)17-27-24(19-29(31)32)26-11-6-14-33-22-9-4-7-20(15-22)18-28-12-2-1-3-13-28/h4-5,7-10,15-16,19,23,26-27,30H,1-3,6,11-14,17-18H2. The summed E-state index contributed by atoms with van der Waals surface area (Å²) < 4.78 is 5.88. The predicted molar refractivity (Wildman–Crippen MR) is 126 cm³/mol. The van der Waals surface area contributed by atoms with E-state index in [1.54, 1.807) is 24.5 Å². The quantitative estimate of drug-likeness (QED) is 0.240. The number of aliphatic hydroxyl groups excluding tert-OH is 1. The Hall–Kier alpha value is -3.17. The summed E-state index contributed by atoms with van der Waals surface area (Å²) in [6.07, 6.45) is 7.76. The number of nitro groups is 1. The molecule has 0 saturated carbocycles. The Morgan fingerprint density at radius 1 is 1.24 bits per heavy atom. The van der Waals surface area contributed by atoms with Crippen LogP contribution in [0.1, 0.15) is 42.9 Å². The zero-order valence-corrected chi connectivity index (χ0v) is 18.9. The molecule has 1 fully saturated rings. The van der Waals surface area contributed by atoms with E-state index >= 15 is 0 Å². The lowest BCUT2D eigenvalue weighted by atomic mass is 10.1. The molecule has 0 radical (unpaired) electrons. The molecular formula is C24H33N5O4. The first kappa shape index (κ1) is 24.5. The van der Waals surface area contributed by atoms with E-state index in [1.807, 2.05) is 12.1 Å². The summed E-state index contributed by atoms with van der Waals surface area (Å²) >= 11 is 0. The van der Waals surface area contributed by atoms with E-state index in [-0.39, 0.29) is 12.4 Å². The van der Waals surface area contributed by atoms with Crippen LogP contribution < -0.4 is 15.4 Å². The summed E-state index contributed by atoms with van der Waals surface area (Å²) in [5.41, 5.74) is 1.89. The van der Waals surface area contributed by atoms with Gasteiger partial charge in [-0.3, -0.25) is 20.0 Å². The fraction of sp³-hybridized carbons (Fsp3) is 0.458. The molecule has 3 N–H and O–H groups in total. The molecule has 33 heavy (non-hydrogen) atoms. The number of nitrogens with zero attached hydrogens (tertiary/aromatic N) is 3. The van der Waals surface area contributed by atoms with Crippen LogP contribution in [-0.2, 0) is 6.54 Å². The van der Waals surface area contributed by atoms with Crippen molar-refractivity contribution in [3.05, 3.63) is 82.1 Å². The molecule has 0 bridgehead atoms. The van der Waals surface area contributed by atoms with Crippen LogP contribution in [0.2, 0.25) is 0 Å². The number of aliphatic hydroxyl groups is 1. The van der Waals surface area contributed by atoms with Crippen LogP contribution in [0.25, 0.3) is 0 Å². The molecule has 1 atom stereocenters. The van der Waals surface area contributed by atoms with Gasteiger partial charge in [-0.05, 0) is 56.1 Å². The van der Waals surface area contributed by atoms with Gasteiger partial charge in [-0.1, -0.05) is 24.6 Å². The smallest absolute Gasteiger partial charge is 0.274 e. The minimum atomic E-state index is -0.823. The third-order valence-electron chi connectivity index (χ3n) is 5.45. The van der Waals surface area contributed by atoms with Gasteiger partial charge < -0.3 is 20.5 Å². The Kier molecular flexibility index (Phi) is 9.93. The molecular weight excluding hydrogens is 422 g/mol. The highest BCUT2D eigenvalue weighted by molar-refractivity contribution is 5.28. The van der Waals surface area contributed by atoms with E-state index in [2.05, 4.69) is 32.7 Å². The van der Waals surface area contributed by atoms with Crippen molar-refractivity contribution in [2.45, 2.75) is 38.3 Å². The molecule has 2 aromatic rings. The third kappa shape index (κ3) is 9.07. The van der Waals surface area contributed by atoms with Crippen LogP contribution >= 0.6 is 0 Å². The van der Waals surface area contributed by atoms with Crippen LogP contribution in [0, 0.1) is 10.1 Å². The highest BCUT2D eigenvalue weighted by atomic mass is 16.6. The molecule has 1 aromatic heterocycles. The maximum Gasteiger partial charge on any atom is 0.274 e. The van der Waals surface area contributed by atoms with Crippen LogP contribution in [-0.4, -0.2) is 52.7 Å². The maximum absolute atomic E-state index is 10.9. The van der Waals surface area contributed by atoms with E-state index in [1.165, 1.54) is 24.8 Å². The number of aromatic nitrogens is 1. The molecule has 9 heteroatoms. The summed E-state index contributed by atoms with van der Waals surface area (Å²) in [6, 6.07) is 11.7. The summed E-state index contributed by atoms with van der Waals surface area (Å²) in [4.78, 5) is 16.8. The zero-order chi connectivity index (χ0) is 23.3. The molecule has 0 aliphatic carbocycles. The molecule has 1 saturated heterocycles. The van der Waals surface area contributed by atoms with Gasteiger partial charge in [-0.2, -0.15) is 0 Å². The number of rotatable bonds is 13. The first-order chi connectivity index (χ1) is 16.1. The number of pyridine rings is 1. The number of hydrogen-bond donors (Lipinski definition) is 3. The summed E-state index contributed by atoms with van der Waals surface area (Å²) in [5.74, 6) is 1.08. The number of piperidine rings is 1. The first-order valence-electron chi connectivity index (χ1n) is 11.5. The van der Waals surface area contributed by atoms with Crippen molar-refractivity contribution in [1.82, 2.24) is 20.5 Å². The number of hydrogen-bond acceptors (Lipinski definition) is 8. The second-order valence-electron chi connectivity index (χ2n) is 8.12. The van der Waals surface area contributed by atoms with E-state index in [4.69, 9.17) is 4.74 Å².